The van der Waals surface area contributed by atoms with Crippen LogP contribution in [0.1, 0.15) is 18.0 Å². The Morgan fingerprint density at radius 2 is 1.95 bits per heavy atom. The van der Waals surface area contributed by atoms with E-state index in [2.05, 4.69) is 16.3 Å². The largest absolute Gasteiger partial charge is 0.314 e. The van der Waals surface area contributed by atoms with E-state index in [0.29, 0.717) is 11.4 Å². The molecule has 0 spiro atoms. The molecule has 112 valence electrons. The zero-order chi connectivity index (χ0) is 13.0. The highest BCUT2D eigenvalue weighted by molar-refractivity contribution is 6.30. The lowest BCUT2D eigenvalue weighted by molar-refractivity contribution is 0.175. The van der Waals surface area contributed by atoms with Gasteiger partial charge in [0.2, 0.25) is 0 Å². The van der Waals surface area contributed by atoms with Gasteiger partial charge in [0.15, 0.2) is 0 Å². The highest BCUT2D eigenvalue weighted by Gasteiger charge is 2.22. The van der Waals surface area contributed by atoms with Gasteiger partial charge >= 0.3 is 0 Å². The van der Waals surface area contributed by atoms with Crippen LogP contribution in [0, 0.1) is 17.1 Å². The SMILES string of the molecule is Cl.Cl.N#CC[C@H](c1cc(F)cc(Cl)c1)N1CCNCC1. The molecule has 1 aromatic carbocycles. The summed E-state index contributed by atoms with van der Waals surface area (Å²) in [5, 5.41) is 12.6. The maximum Gasteiger partial charge on any atom is 0.125 e. The van der Waals surface area contributed by atoms with E-state index in [9.17, 15) is 4.39 Å². The van der Waals surface area contributed by atoms with E-state index in [1.807, 2.05) is 0 Å². The van der Waals surface area contributed by atoms with Crippen molar-refractivity contribution in [2.75, 3.05) is 26.2 Å². The summed E-state index contributed by atoms with van der Waals surface area (Å²) in [7, 11) is 0. The molecule has 1 aliphatic rings. The summed E-state index contributed by atoms with van der Waals surface area (Å²) in [6, 6.07) is 6.59. The number of halogens is 4. The second kappa shape index (κ2) is 9.38. The minimum absolute atomic E-state index is 0. The lowest BCUT2D eigenvalue weighted by atomic mass is 10.0. The van der Waals surface area contributed by atoms with Crippen LogP contribution < -0.4 is 5.32 Å². The van der Waals surface area contributed by atoms with Crippen molar-refractivity contribution in [1.29, 1.82) is 5.26 Å². The van der Waals surface area contributed by atoms with Crippen LogP contribution in [0.4, 0.5) is 4.39 Å². The molecule has 0 amide bonds. The van der Waals surface area contributed by atoms with Crippen molar-refractivity contribution in [1.82, 2.24) is 10.2 Å². The first-order valence-electron chi connectivity index (χ1n) is 5.98. The summed E-state index contributed by atoms with van der Waals surface area (Å²) in [6.07, 6.45) is 0.347. The van der Waals surface area contributed by atoms with E-state index in [1.165, 1.54) is 12.1 Å². The Balaban J connectivity index is 0.00000180. The summed E-state index contributed by atoms with van der Waals surface area (Å²) in [5.41, 5.74) is 0.781. The van der Waals surface area contributed by atoms with E-state index < -0.39 is 0 Å². The van der Waals surface area contributed by atoms with Gasteiger partial charge in [-0.25, -0.2) is 4.39 Å². The molecule has 3 nitrogen and oxygen atoms in total. The maximum absolute atomic E-state index is 13.4. The van der Waals surface area contributed by atoms with Gasteiger partial charge in [0.25, 0.3) is 0 Å². The van der Waals surface area contributed by atoms with Gasteiger partial charge in [-0.3, -0.25) is 4.90 Å². The van der Waals surface area contributed by atoms with Crippen LogP contribution in [0.15, 0.2) is 18.2 Å². The van der Waals surface area contributed by atoms with Crippen LogP contribution in [0.2, 0.25) is 5.02 Å². The zero-order valence-corrected chi connectivity index (χ0v) is 13.2. The molecule has 0 radical (unpaired) electrons. The summed E-state index contributed by atoms with van der Waals surface area (Å²) >= 11 is 5.88. The number of benzene rings is 1. The molecule has 0 bridgehead atoms. The lowest BCUT2D eigenvalue weighted by Gasteiger charge is -2.34. The summed E-state index contributed by atoms with van der Waals surface area (Å²) in [4.78, 5) is 2.20. The Bertz CT molecular complexity index is 438. The zero-order valence-electron chi connectivity index (χ0n) is 10.8. The van der Waals surface area contributed by atoms with Crippen molar-refractivity contribution < 1.29 is 4.39 Å². The minimum atomic E-state index is -0.351. The molecule has 20 heavy (non-hydrogen) atoms. The number of nitriles is 1. The van der Waals surface area contributed by atoms with Gasteiger partial charge in [-0.15, -0.1) is 24.8 Å². The first-order chi connectivity index (χ1) is 8.70. The third-order valence-electron chi connectivity index (χ3n) is 3.15. The topological polar surface area (TPSA) is 39.1 Å². The first kappa shape index (κ1) is 19.4. The molecule has 1 heterocycles. The van der Waals surface area contributed by atoms with Gasteiger partial charge in [0.05, 0.1) is 12.5 Å². The van der Waals surface area contributed by atoms with Crippen LogP contribution in [-0.4, -0.2) is 31.1 Å². The fourth-order valence-electron chi connectivity index (χ4n) is 2.31. The predicted octanol–water partition coefficient (Wildman–Crippen LogP) is 3.18. The summed E-state index contributed by atoms with van der Waals surface area (Å²) in [5.74, 6) is -0.351. The number of hydrogen-bond acceptors (Lipinski definition) is 3. The molecule has 0 aliphatic carbocycles. The van der Waals surface area contributed by atoms with Gasteiger partial charge in [-0.2, -0.15) is 5.26 Å². The Kier molecular flexibility index (Phi) is 9.11. The third-order valence-corrected chi connectivity index (χ3v) is 3.36. The van der Waals surface area contributed by atoms with E-state index in [-0.39, 0.29) is 36.7 Å². The summed E-state index contributed by atoms with van der Waals surface area (Å²) in [6.45, 7) is 3.51. The average molecular weight is 341 g/mol. The number of nitrogens with zero attached hydrogens (tertiary/aromatic N) is 2. The first-order valence-corrected chi connectivity index (χ1v) is 6.36. The van der Waals surface area contributed by atoms with Crippen molar-refractivity contribution in [3.8, 4) is 6.07 Å². The number of piperazine rings is 1. The second-order valence-electron chi connectivity index (χ2n) is 4.37. The highest BCUT2D eigenvalue weighted by atomic mass is 35.5. The van der Waals surface area contributed by atoms with Crippen molar-refractivity contribution in [2.45, 2.75) is 12.5 Å². The van der Waals surface area contributed by atoms with E-state index in [4.69, 9.17) is 16.9 Å². The summed E-state index contributed by atoms with van der Waals surface area (Å²) < 4.78 is 13.4. The van der Waals surface area contributed by atoms with Crippen molar-refractivity contribution in [2.24, 2.45) is 0 Å². The quantitative estimate of drug-likeness (QED) is 0.918. The Hall–Kier alpha value is -0.570. The van der Waals surface area contributed by atoms with Gasteiger partial charge in [-0.05, 0) is 23.8 Å². The molecule has 0 unspecified atom stereocenters. The second-order valence-corrected chi connectivity index (χ2v) is 4.80. The van der Waals surface area contributed by atoms with E-state index in [1.54, 1.807) is 6.07 Å². The fourth-order valence-corrected chi connectivity index (χ4v) is 2.54. The van der Waals surface area contributed by atoms with Gasteiger partial charge in [0, 0.05) is 37.2 Å². The van der Waals surface area contributed by atoms with Gasteiger partial charge in [-0.1, -0.05) is 11.6 Å². The number of nitrogens with one attached hydrogen (secondary N) is 1. The number of rotatable bonds is 3. The molecule has 1 fully saturated rings. The monoisotopic (exact) mass is 339 g/mol. The predicted molar refractivity (Wildman–Crippen MR) is 83.3 cm³/mol. The average Bonchev–Trinajstić information content (AvgIpc) is 2.36. The molecule has 1 aromatic rings. The minimum Gasteiger partial charge on any atom is -0.314 e. The molecule has 0 aromatic heterocycles. The third kappa shape index (κ3) is 5.08. The normalized spacial score (nSPS) is 16.4. The standard InChI is InChI=1S/C13H15ClFN3.2ClH/c14-11-7-10(8-12(15)9-11)13(1-2-16)18-5-3-17-4-6-18;;/h7-9,13,17H,1,3-6H2;2*1H/t13-;;/m1../s1. The molecule has 1 atom stereocenters. The van der Waals surface area contributed by atoms with Crippen LogP contribution >= 0.6 is 36.4 Å². The van der Waals surface area contributed by atoms with Crippen molar-refractivity contribution in [3.63, 3.8) is 0 Å². The molecule has 2 rings (SSSR count). The van der Waals surface area contributed by atoms with Crippen molar-refractivity contribution >= 4 is 36.4 Å². The number of hydrogen-bond donors (Lipinski definition) is 1. The molecule has 0 saturated carbocycles. The van der Waals surface area contributed by atoms with Crippen LogP contribution in [0.3, 0.4) is 0 Å². The molecular formula is C13H17Cl3FN3. The fraction of sp³-hybridized carbons (Fsp3) is 0.462. The van der Waals surface area contributed by atoms with E-state index >= 15 is 0 Å². The van der Waals surface area contributed by atoms with Crippen LogP contribution in [0.5, 0.6) is 0 Å². The molecule has 1 aliphatic heterocycles. The van der Waals surface area contributed by atoms with Crippen LogP contribution in [0.25, 0.3) is 0 Å². The Labute approximate surface area is 135 Å². The Morgan fingerprint density at radius 3 is 2.50 bits per heavy atom. The van der Waals surface area contributed by atoms with Crippen LogP contribution in [-0.2, 0) is 0 Å². The van der Waals surface area contributed by atoms with Crippen molar-refractivity contribution in [3.05, 3.63) is 34.6 Å². The molecule has 1 N–H and O–H groups in total. The maximum atomic E-state index is 13.4. The van der Waals surface area contributed by atoms with E-state index in [0.717, 1.165) is 31.7 Å². The Morgan fingerprint density at radius 1 is 1.30 bits per heavy atom. The molecular weight excluding hydrogens is 324 g/mol. The molecule has 7 heteroatoms. The smallest absolute Gasteiger partial charge is 0.125 e. The van der Waals surface area contributed by atoms with Gasteiger partial charge < -0.3 is 5.32 Å². The van der Waals surface area contributed by atoms with Gasteiger partial charge in [0.1, 0.15) is 5.82 Å². The lowest BCUT2D eigenvalue weighted by Crippen LogP contribution is -2.45. The molecule has 1 saturated heterocycles. The highest BCUT2D eigenvalue weighted by Crippen LogP contribution is 2.27.